The highest BCUT2D eigenvalue weighted by Crippen LogP contribution is 2.44. The van der Waals surface area contributed by atoms with Crippen LogP contribution in [0.3, 0.4) is 0 Å². The Morgan fingerprint density at radius 3 is 2.59 bits per heavy atom. The van der Waals surface area contributed by atoms with Gasteiger partial charge in [0, 0.05) is 17.4 Å². The van der Waals surface area contributed by atoms with Gasteiger partial charge in [0.2, 0.25) is 0 Å². The maximum Gasteiger partial charge on any atom is 0.168 e. The Labute approximate surface area is 103 Å². The molecule has 0 N–H and O–H groups in total. The van der Waals surface area contributed by atoms with Crippen molar-refractivity contribution in [3.8, 4) is 0 Å². The molecular weight excluding hydrogens is 212 g/mol. The summed E-state index contributed by atoms with van der Waals surface area (Å²) in [6.45, 7) is 7.95. The third-order valence-electron chi connectivity index (χ3n) is 4.04. The Balaban J connectivity index is 2.51. The quantitative estimate of drug-likeness (QED) is 0.642. The van der Waals surface area contributed by atoms with Crippen molar-refractivity contribution in [3.05, 3.63) is 22.8 Å². The molecule has 0 amide bonds. The van der Waals surface area contributed by atoms with Crippen LogP contribution in [0.25, 0.3) is 0 Å². The lowest BCUT2D eigenvalue weighted by atomic mass is 9.85. The molecule has 0 unspecified atom stereocenters. The van der Waals surface area contributed by atoms with Crippen molar-refractivity contribution in [2.45, 2.75) is 47.0 Å². The number of rotatable bonds is 0. The molecule has 17 heavy (non-hydrogen) atoms. The van der Waals surface area contributed by atoms with Gasteiger partial charge in [0.1, 0.15) is 0 Å². The molecule has 92 valence electrons. The fraction of sp³-hybridized carbons (Fsp3) is 0.600. The van der Waals surface area contributed by atoms with Crippen LogP contribution in [-0.4, -0.2) is 11.6 Å². The van der Waals surface area contributed by atoms with Gasteiger partial charge >= 0.3 is 0 Å². The lowest BCUT2D eigenvalue weighted by Crippen LogP contribution is -2.19. The summed E-state index contributed by atoms with van der Waals surface area (Å²) in [5.74, 6) is 0.735. The molecule has 0 bridgehead atoms. The molecule has 0 spiro atoms. The number of carbonyl (C=O) groups excluding carboxylic acids is 2. The van der Waals surface area contributed by atoms with Crippen LogP contribution in [-0.2, 0) is 9.59 Å². The second kappa shape index (κ2) is 3.94. The molecular formula is C15H20O2. The van der Waals surface area contributed by atoms with E-state index >= 15 is 0 Å². The van der Waals surface area contributed by atoms with Crippen molar-refractivity contribution < 1.29 is 9.59 Å². The summed E-state index contributed by atoms with van der Waals surface area (Å²) >= 11 is 0. The van der Waals surface area contributed by atoms with Gasteiger partial charge in [-0.3, -0.25) is 9.59 Å². The van der Waals surface area contributed by atoms with E-state index < -0.39 is 0 Å². The Hall–Kier alpha value is -1.18. The van der Waals surface area contributed by atoms with E-state index in [0.717, 1.165) is 24.0 Å². The van der Waals surface area contributed by atoms with Gasteiger partial charge in [-0.05, 0) is 37.3 Å². The van der Waals surface area contributed by atoms with Gasteiger partial charge in [0.25, 0.3) is 0 Å². The molecule has 0 aromatic rings. The first-order chi connectivity index (χ1) is 7.83. The minimum atomic E-state index is -0.289. The highest BCUT2D eigenvalue weighted by atomic mass is 16.1. The lowest BCUT2D eigenvalue weighted by Gasteiger charge is -2.18. The zero-order chi connectivity index (χ0) is 12.8. The van der Waals surface area contributed by atoms with Crippen LogP contribution in [0.4, 0.5) is 0 Å². The van der Waals surface area contributed by atoms with E-state index in [2.05, 4.69) is 6.92 Å². The Bertz CT molecular complexity index is 450. The van der Waals surface area contributed by atoms with Crippen LogP contribution >= 0.6 is 0 Å². The molecule has 0 saturated carbocycles. The SMILES string of the molecule is C/C1=C/C2=C(CC(C)(C)C2=O)[C@H](C)CCC1=O. The Kier molecular flexibility index (Phi) is 2.84. The Morgan fingerprint density at radius 2 is 1.94 bits per heavy atom. The fourth-order valence-corrected chi connectivity index (χ4v) is 2.78. The zero-order valence-electron chi connectivity index (χ0n) is 11.1. The van der Waals surface area contributed by atoms with Crippen molar-refractivity contribution in [1.82, 2.24) is 0 Å². The first kappa shape index (κ1) is 12.3. The number of ketones is 2. The molecule has 2 aliphatic carbocycles. The Morgan fingerprint density at radius 1 is 1.29 bits per heavy atom. The summed E-state index contributed by atoms with van der Waals surface area (Å²) in [4.78, 5) is 24.1. The molecule has 2 rings (SSSR count). The molecule has 0 aromatic heterocycles. The maximum atomic E-state index is 12.3. The standard InChI is InChI=1S/C15H20O2/c1-9-5-6-13(16)10(2)7-11-12(9)8-15(3,4)14(11)17/h7,9H,5-6,8H2,1-4H3/b10-7-/t9-/m1/s1. The molecule has 0 heterocycles. The van der Waals surface area contributed by atoms with Crippen molar-refractivity contribution >= 4 is 11.6 Å². The second-order valence-corrected chi connectivity index (χ2v) is 6.02. The zero-order valence-corrected chi connectivity index (χ0v) is 11.1. The van der Waals surface area contributed by atoms with E-state index in [9.17, 15) is 9.59 Å². The van der Waals surface area contributed by atoms with Crippen LogP contribution in [0.15, 0.2) is 22.8 Å². The van der Waals surface area contributed by atoms with Crippen molar-refractivity contribution in [1.29, 1.82) is 0 Å². The minimum absolute atomic E-state index is 0.181. The van der Waals surface area contributed by atoms with E-state index in [1.54, 1.807) is 0 Å². The van der Waals surface area contributed by atoms with Crippen molar-refractivity contribution in [3.63, 3.8) is 0 Å². The molecule has 0 radical (unpaired) electrons. The van der Waals surface area contributed by atoms with Crippen LogP contribution in [0.5, 0.6) is 0 Å². The average molecular weight is 232 g/mol. The van der Waals surface area contributed by atoms with Gasteiger partial charge in [-0.15, -0.1) is 0 Å². The summed E-state index contributed by atoms with van der Waals surface area (Å²) in [6.07, 6.45) is 4.14. The monoisotopic (exact) mass is 232 g/mol. The van der Waals surface area contributed by atoms with Gasteiger partial charge in [-0.25, -0.2) is 0 Å². The summed E-state index contributed by atoms with van der Waals surface area (Å²) in [7, 11) is 0. The average Bonchev–Trinajstić information content (AvgIpc) is 2.47. The van der Waals surface area contributed by atoms with E-state index in [0.29, 0.717) is 12.3 Å². The van der Waals surface area contributed by atoms with E-state index in [1.165, 1.54) is 5.57 Å². The first-order valence-corrected chi connectivity index (χ1v) is 6.32. The van der Waals surface area contributed by atoms with Crippen molar-refractivity contribution in [2.24, 2.45) is 11.3 Å². The summed E-state index contributed by atoms with van der Waals surface area (Å²) in [6, 6.07) is 0. The first-order valence-electron chi connectivity index (χ1n) is 6.32. The predicted molar refractivity (Wildman–Crippen MR) is 67.6 cm³/mol. The predicted octanol–water partition coefficient (Wildman–Crippen LogP) is 3.23. The molecule has 2 heteroatoms. The topological polar surface area (TPSA) is 34.1 Å². The molecule has 2 nitrogen and oxygen atoms in total. The largest absolute Gasteiger partial charge is 0.295 e. The molecule has 0 aliphatic heterocycles. The van der Waals surface area contributed by atoms with Crippen LogP contribution in [0.1, 0.15) is 47.0 Å². The molecule has 0 saturated heterocycles. The number of hydrogen-bond acceptors (Lipinski definition) is 2. The van der Waals surface area contributed by atoms with E-state index in [1.807, 2.05) is 26.8 Å². The molecule has 2 aliphatic rings. The van der Waals surface area contributed by atoms with Gasteiger partial charge in [-0.1, -0.05) is 26.3 Å². The van der Waals surface area contributed by atoms with E-state index in [-0.39, 0.29) is 17.0 Å². The number of hydrogen-bond donors (Lipinski definition) is 0. The third-order valence-corrected chi connectivity index (χ3v) is 4.04. The van der Waals surface area contributed by atoms with Crippen LogP contribution in [0, 0.1) is 11.3 Å². The smallest absolute Gasteiger partial charge is 0.168 e. The highest BCUT2D eigenvalue weighted by molar-refractivity contribution is 6.07. The van der Waals surface area contributed by atoms with Gasteiger partial charge in [0.15, 0.2) is 11.6 Å². The highest BCUT2D eigenvalue weighted by Gasteiger charge is 2.40. The minimum Gasteiger partial charge on any atom is -0.295 e. The third kappa shape index (κ3) is 2.01. The normalized spacial score (nSPS) is 31.8. The number of allylic oxidation sites excluding steroid dienone is 4. The summed E-state index contributed by atoms with van der Waals surface area (Å²) in [5.41, 5.74) is 2.51. The van der Waals surface area contributed by atoms with Gasteiger partial charge in [0.05, 0.1) is 0 Å². The lowest BCUT2D eigenvalue weighted by molar-refractivity contribution is -0.121. The van der Waals surface area contributed by atoms with Crippen LogP contribution < -0.4 is 0 Å². The summed E-state index contributed by atoms with van der Waals surface area (Å²) < 4.78 is 0. The fourth-order valence-electron chi connectivity index (χ4n) is 2.78. The van der Waals surface area contributed by atoms with Gasteiger partial charge in [-0.2, -0.15) is 0 Å². The summed E-state index contributed by atoms with van der Waals surface area (Å²) in [5, 5.41) is 0. The van der Waals surface area contributed by atoms with E-state index in [4.69, 9.17) is 0 Å². The van der Waals surface area contributed by atoms with Crippen molar-refractivity contribution in [2.75, 3.05) is 0 Å². The second-order valence-electron chi connectivity index (χ2n) is 6.02. The maximum absolute atomic E-state index is 12.3. The number of carbonyl (C=O) groups is 2. The molecule has 1 atom stereocenters. The van der Waals surface area contributed by atoms with Crippen LogP contribution in [0.2, 0.25) is 0 Å². The number of Topliss-reactive ketones (excluding diaryl/α,β-unsaturated/α-hetero) is 2. The molecule has 0 aromatic carbocycles. The van der Waals surface area contributed by atoms with Gasteiger partial charge < -0.3 is 0 Å². The molecule has 0 fully saturated rings.